The smallest absolute Gasteiger partial charge is 0.253 e. The van der Waals surface area contributed by atoms with E-state index >= 15 is 0 Å². The molecule has 1 fully saturated rings. The lowest BCUT2D eigenvalue weighted by Crippen LogP contribution is -2.46. The largest absolute Gasteiger partial charge is 0.348 e. The molecule has 0 radical (unpaired) electrons. The summed E-state index contributed by atoms with van der Waals surface area (Å²) in [5, 5.41) is 10.6. The molecular weight excluding hydrogens is 574 g/mol. The van der Waals surface area contributed by atoms with E-state index < -0.39 is 10.8 Å². The normalized spacial score (nSPS) is 13.7. The Hall–Kier alpha value is -5.05. The van der Waals surface area contributed by atoms with E-state index in [9.17, 15) is 13.8 Å². The minimum atomic E-state index is -1.46. The molecule has 5 aromatic rings. The first kappa shape index (κ1) is 29.0. The zero-order valence-corrected chi connectivity index (χ0v) is 25.0. The first-order valence-corrected chi connectivity index (χ1v) is 15.6. The second kappa shape index (κ2) is 13.1. The molecule has 4 heterocycles. The van der Waals surface area contributed by atoms with E-state index in [1.165, 1.54) is 0 Å². The summed E-state index contributed by atoms with van der Waals surface area (Å²) in [4.78, 5) is 32.9. The number of imidazole rings is 1. The summed E-state index contributed by atoms with van der Waals surface area (Å²) >= 11 is 0. The molecule has 1 unspecified atom stereocenters. The summed E-state index contributed by atoms with van der Waals surface area (Å²) in [6.07, 6.45) is 7.29. The fourth-order valence-electron chi connectivity index (χ4n) is 4.99. The van der Waals surface area contributed by atoms with E-state index in [4.69, 9.17) is 0 Å². The van der Waals surface area contributed by atoms with Crippen molar-refractivity contribution in [1.82, 2.24) is 34.7 Å². The predicted octanol–water partition coefficient (Wildman–Crippen LogP) is 2.75. The molecule has 2 amide bonds. The van der Waals surface area contributed by atoms with Crippen LogP contribution >= 0.6 is 0 Å². The summed E-state index contributed by atoms with van der Waals surface area (Å²) in [5.41, 5.74) is 4.51. The highest BCUT2D eigenvalue weighted by Crippen LogP contribution is 2.19. The van der Waals surface area contributed by atoms with Gasteiger partial charge in [-0.2, -0.15) is 5.10 Å². The van der Waals surface area contributed by atoms with Crippen LogP contribution in [-0.4, -0.2) is 66.3 Å². The van der Waals surface area contributed by atoms with Crippen molar-refractivity contribution in [2.45, 2.75) is 17.2 Å². The molecule has 6 rings (SSSR count). The number of fused-ring (bicyclic) bond motifs is 1. The highest BCUT2D eigenvalue weighted by atomic mass is 32.2. The summed E-state index contributed by atoms with van der Waals surface area (Å²) in [7, 11) is 0.354. The van der Waals surface area contributed by atoms with Crippen LogP contribution in [0.15, 0.2) is 90.3 Å². The number of carbonyl (C=O) groups excluding carboxylic acids is 2. The number of nitrogens with zero attached hydrogens (tertiary/aromatic N) is 5. The minimum absolute atomic E-state index is 0.0297. The molecule has 44 heavy (non-hydrogen) atoms. The Kier molecular flexibility index (Phi) is 8.63. The van der Waals surface area contributed by atoms with E-state index in [1.54, 1.807) is 47.4 Å². The summed E-state index contributed by atoms with van der Waals surface area (Å²) in [6.45, 7) is 3.19. The molecule has 1 saturated heterocycles. The van der Waals surface area contributed by atoms with Crippen molar-refractivity contribution in [2.24, 2.45) is 7.05 Å². The Labute approximate surface area is 257 Å². The lowest BCUT2D eigenvalue weighted by Gasteiger charge is -2.27. The molecule has 0 saturated carbocycles. The molecule has 1 atom stereocenters. The SMILES string of the molecule is Cn1ccc(CS(=O)c2ccc(C(=O)NCc3ccn4ccnc4c3)cc2C#Cc2cccc(C(=O)N3CCNCC3)c2)n1. The number of hydrogen-bond donors (Lipinski definition) is 2. The third kappa shape index (κ3) is 6.78. The van der Waals surface area contributed by atoms with Gasteiger partial charge in [-0.3, -0.25) is 18.5 Å². The van der Waals surface area contributed by atoms with E-state index in [2.05, 4.69) is 32.6 Å². The van der Waals surface area contributed by atoms with Crippen molar-refractivity contribution < 1.29 is 13.8 Å². The maximum Gasteiger partial charge on any atom is 0.253 e. The summed E-state index contributed by atoms with van der Waals surface area (Å²) in [5.74, 6) is 6.18. The zero-order valence-electron chi connectivity index (χ0n) is 24.2. The van der Waals surface area contributed by atoms with Crippen LogP contribution in [0, 0.1) is 11.8 Å². The molecule has 10 nitrogen and oxygen atoms in total. The molecule has 222 valence electrons. The lowest BCUT2D eigenvalue weighted by molar-refractivity contribution is 0.0735. The lowest BCUT2D eigenvalue weighted by atomic mass is 10.1. The molecule has 2 aromatic carbocycles. The first-order valence-electron chi connectivity index (χ1n) is 14.3. The van der Waals surface area contributed by atoms with Gasteiger partial charge in [-0.25, -0.2) is 4.98 Å². The topological polar surface area (TPSA) is 114 Å². The third-order valence-electron chi connectivity index (χ3n) is 7.31. The number of amides is 2. The molecule has 2 N–H and O–H groups in total. The molecule has 0 aliphatic carbocycles. The summed E-state index contributed by atoms with van der Waals surface area (Å²) in [6, 6.07) is 17.9. The Morgan fingerprint density at radius 2 is 1.84 bits per heavy atom. The fraction of sp³-hybridized carbons (Fsp3) is 0.212. The van der Waals surface area contributed by atoms with E-state index in [-0.39, 0.29) is 17.6 Å². The van der Waals surface area contributed by atoms with E-state index in [1.807, 2.05) is 59.1 Å². The van der Waals surface area contributed by atoms with Crippen LogP contribution in [0.1, 0.15) is 43.1 Å². The number of aromatic nitrogens is 4. The van der Waals surface area contributed by atoms with Gasteiger partial charge in [-0.15, -0.1) is 0 Å². The van der Waals surface area contributed by atoms with Crippen LogP contribution in [-0.2, 0) is 30.1 Å². The second-order valence-corrected chi connectivity index (χ2v) is 11.9. The van der Waals surface area contributed by atoms with Gasteiger partial charge in [0, 0.05) is 86.8 Å². The average Bonchev–Trinajstić information content (AvgIpc) is 3.70. The number of rotatable bonds is 7. The van der Waals surface area contributed by atoms with Crippen molar-refractivity contribution in [1.29, 1.82) is 0 Å². The number of piperazine rings is 1. The van der Waals surface area contributed by atoms with Gasteiger partial charge in [0.05, 0.1) is 27.1 Å². The Morgan fingerprint density at radius 3 is 2.66 bits per heavy atom. The van der Waals surface area contributed by atoms with E-state index in [0.717, 1.165) is 24.3 Å². The highest BCUT2D eigenvalue weighted by Gasteiger charge is 2.18. The number of nitrogens with one attached hydrogen (secondary N) is 2. The Balaban J connectivity index is 1.26. The quantitative estimate of drug-likeness (QED) is 0.276. The van der Waals surface area contributed by atoms with Gasteiger partial charge in [0.15, 0.2) is 0 Å². The second-order valence-electron chi connectivity index (χ2n) is 10.5. The van der Waals surface area contributed by atoms with Crippen molar-refractivity contribution >= 4 is 28.3 Å². The monoisotopic (exact) mass is 605 g/mol. The third-order valence-corrected chi connectivity index (χ3v) is 8.71. The summed E-state index contributed by atoms with van der Waals surface area (Å²) < 4.78 is 17.0. The number of hydrogen-bond acceptors (Lipinski definition) is 6. The zero-order chi connectivity index (χ0) is 30.5. The van der Waals surface area contributed by atoms with Gasteiger partial charge in [0.1, 0.15) is 5.65 Å². The number of pyridine rings is 1. The molecule has 1 aliphatic heterocycles. The van der Waals surface area contributed by atoms with Gasteiger partial charge in [-0.05, 0) is 60.2 Å². The van der Waals surface area contributed by atoms with Crippen LogP contribution in [0.5, 0.6) is 0 Å². The molecule has 0 bridgehead atoms. The van der Waals surface area contributed by atoms with Gasteiger partial charge in [0.25, 0.3) is 11.8 Å². The van der Waals surface area contributed by atoms with Crippen molar-refractivity contribution in [3.05, 3.63) is 119 Å². The van der Waals surface area contributed by atoms with Crippen LogP contribution in [0.2, 0.25) is 0 Å². The molecule has 3 aromatic heterocycles. The minimum Gasteiger partial charge on any atom is -0.348 e. The van der Waals surface area contributed by atoms with Gasteiger partial charge in [-0.1, -0.05) is 17.9 Å². The van der Waals surface area contributed by atoms with Gasteiger partial charge < -0.3 is 19.9 Å². The van der Waals surface area contributed by atoms with Gasteiger partial charge >= 0.3 is 0 Å². The Morgan fingerprint density at radius 1 is 0.977 bits per heavy atom. The highest BCUT2D eigenvalue weighted by molar-refractivity contribution is 7.84. The number of aryl methyl sites for hydroxylation is 1. The molecular formula is C33H31N7O3S. The Bertz CT molecular complexity index is 1930. The number of carbonyl (C=O) groups is 2. The number of benzene rings is 2. The van der Waals surface area contributed by atoms with Crippen LogP contribution < -0.4 is 10.6 Å². The van der Waals surface area contributed by atoms with Crippen LogP contribution in [0.4, 0.5) is 0 Å². The van der Waals surface area contributed by atoms with E-state index in [0.29, 0.717) is 52.5 Å². The van der Waals surface area contributed by atoms with Crippen molar-refractivity contribution in [3.63, 3.8) is 0 Å². The molecule has 0 spiro atoms. The fourth-order valence-corrected chi connectivity index (χ4v) is 6.14. The van der Waals surface area contributed by atoms with Crippen molar-refractivity contribution in [3.8, 4) is 11.8 Å². The predicted molar refractivity (Wildman–Crippen MR) is 167 cm³/mol. The van der Waals surface area contributed by atoms with Crippen LogP contribution in [0.3, 0.4) is 0 Å². The maximum absolute atomic E-state index is 13.5. The van der Waals surface area contributed by atoms with Crippen molar-refractivity contribution in [2.75, 3.05) is 26.2 Å². The van der Waals surface area contributed by atoms with Gasteiger partial charge in [0.2, 0.25) is 0 Å². The maximum atomic E-state index is 13.5. The molecule has 11 heteroatoms. The van der Waals surface area contributed by atoms with Crippen LogP contribution in [0.25, 0.3) is 5.65 Å². The molecule has 1 aliphatic rings. The standard InChI is InChI=1S/C33H31N7O3S/c1-38-14-10-29(37-38)23-44(43)30-8-7-27(32(41)36-22-25-9-15-39-18-13-35-31(39)20-25)21-26(30)6-5-24-3-2-4-28(19-24)33(42)40-16-11-34-12-17-40/h2-4,7-10,13-15,18-21,34H,11-12,16-17,22-23H2,1H3,(H,36,41). The average molecular weight is 606 g/mol. The first-order chi connectivity index (χ1) is 21.4.